The number of carbonyl (C=O) groups excluding carboxylic acids is 2. The number of hydrogen-bond donors (Lipinski definition) is 1. The molecule has 0 aliphatic carbocycles. The van der Waals surface area contributed by atoms with E-state index in [2.05, 4.69) is 5.32 Å². The molecular formula is C24H20Cl2FN3O2. The quantitative estimate of drug-likeness (QED) is 0.480. The van der Waals surface area contributed by atoms with Crippen molar-refractivity contribution in [3.05, 3.63) is 93.7 Å². The third-order valence-corrected chi connectivity index (χ3v) is 5.73. The molecule has 3 aromatic rings. The molecule has 8 heteroatoms. The summed E-state index contributed by atoms with van der Waals surface area (Å²) >= 11 is 12.3. The van der Waals surface area contributed by atoms with Crippen LogP contribution < -0.4 is 10.2 Å². The van der Waals surface area contributed by atoms with Crippen LogP contribution in [0, 0.1) is 5.82 Å². The highest BCUT2D eigenvalue weighted by molar-refractivity contribution is 6.34. The second kappa shape index (κ2) is 9.59. The van der Waals surface area contributed by atoms with E-state index in [0.717, 1.165) is 18.1 Å². The Balaban J connectivity index is 1.52. The number of benzene rings is 3. The first-order valence-corrected chi connectivity index (χ1v) is 10.8. The maximum absolute atomic E-state index is 13.4. The smallest absolute Gasteiger partial charge is 0.321 e. The van der Waals surface area contributed by atoms with Gasteiger partial charge in [-0.25, -0.2) is 9.18 Å². The first-order valence-electron chi connectivity index (χ1n) is 10.1. The average molecular weight is 472 g/mol. The van der Waals surface area contributed by atoms with E-state index < -0.39 is 11.7 Å². The van der Waals surface area contributed by atoms with Crippen molar-refractivity contribution in [3.8, 4) is 0 Å². The van der Waals surface area contributed by atoms with Gasteiger partial charge in [-0.05, 0) is 60.5 Å². The Hall–Kier alpha value is -3.09. The molecule has 0 spiro atoms. The highest BCUT2D eigenvalue weighted by Crippen LogP contribution is 2.30. The number of halogens is 3. The van der Waals surface area contributed by atoms with E-state index in [1.54, 1.807) is 34.1 Å². The number of rotatable bonds is 5. The molecule has 1 aliphatic heterocycles. The molecule has 1 N–H and O–H groups in total. The zero-order valence-electron chi connectivity index (χ0n) is 17.0. The summed E-state index contributed by atoms with van der Waals surface area (Å²) < 4.78 is 13.4. The maximum Gasteiger partial charge on any atom is 0.324 e. The van der Waals surface area contributed by atoms with Crippen LogP contribution >= 0.6 is 23.2 Å². The van der Waals surface area contributed by atoms with Gasteiger partial charge in [0.2, 0.25) is 0 Å². The molecule has 1 heterocycles. The van der Waals surface area contributed by atoms with Crippen LogP contribution in [-0.4, -0.2) is 29.9 Å². The van der Waals surface area contributed by atoms with E-state index in [4.69, 9.17) is 23.2 Å². The number of urea groups is 1. The standard InChI is InChI=1S/C24H20Cl2FN3O2/c25-18-6-1-4-16(12-18)15-29-10-3-11-30(24(29)32)20-8-9-21(26)22(14-20)28-23(31)17-5-2-7-19(27)13-17/h1-2,4-9,12-14H,3,10-11,15H2,(H,28,31). The molecule has 0 unspecified atom stereocenters. The number of nitrogens with one attached hydrogen (secondary N) is 1. The molecule has 3 amide bonds. The van der Waals surface area contributed by atoms with Crippen LogP contribution in [0.4, 0.5) is 20.6 Å². The molecule has 32 heavy (non-hydrogen) atoms. The highest BCUT2D eigenvalue weighted by Gasteiger charge is 2.27. The topological polar surface area (TPSA) is 52.7 Å². The fourth-order valence-electron chi connectivity index (χ4n) is 3.62. The van der Waals surface area contributed by atoms with Gasteiger partial charge >= 0.3 is 6.03 Å². The lowest BCUT2D eigenvalue weighted by atomic mass is 10.1. The lowest BCUT2D eigenvalue weighted by molar-refractivity contribution is 0.102. The van der Waals surface area contributed by atoms with Gasteiger partial charge in [0.1, 0.15) is 5.82 Å². The number of amides is 3. The summed E-state index contributed by atoms with van der Waals surface area (Å²) in [6.45, 7) is 1.63. The van der Waals surface area contributed by atoms with Crippen molar-refractivity contribution in [1.29, 1.82) is 0 Å². The Morgan fingerprint density at radius 2 is 1.81 bits per heavy atom. The fourth-order valence-corrected chi connectivity index (χ4v) is 4.00. The number of carbonyl (C=O) groups is 2. The van der Waals surface area contributed by atoms with Crippen molar-refractivity contribution in [2.75, 3.05) is 23.3 Å². The van der Waals surface area contributed by atoms with E-state index in [1.165, 1.54) is 18.2 Å². The molecule has 1 fully saturated rings. The van der Waals surface area contributed by atoms with Gasteiger partial charge in [0.25, 0.3) is 5.91 Å². The normalized spacial score (nSPS) is 13.9. The van der Waals surface area contributed by atoms with Crippen molar-refractivity contribution < 1.29 is 14.0 Å². The Morgan fingerprint density at radius 3 is 2.59 bits per heavy atom. The van der Waals surface area contributed by atoms with E-state index in [-0.39, 0.29) is 11.6 Å². The van der Waals surface area contributed by atoms with Crippen molar-refractivity contribution in [2.45, 2.75) is 13.0 Å². The zero-order chi connectivity index (χ0) is 22.7. The van der Waals surface area contributed by atoms with E-state index in [9.17, 15) is 14.0 Å². The van der Waals surface area contributed by atoms with Crippen molar-refractivity contribution in [1.82, 2.24) is 4.90 Å². The Kier molecular flexibility index (Phi) is 6.63. The van der Waals surface area contributed by atoms with Crippen LogP contribution in [0.2, 0.25) is 10.0 Å². The number of anilines is 2. The van der Waals surface area contributed by atoms with Gasteiger partial charge in [-0.1, -0.05) is 41.4 Å². The summed E-state index contributed by atoms with van der Waals surface area (Å²) in [5.41, 5.74) is 2.09. The molecule has 3 aromatic carbocycles. The van der Waals surface area contributed by atoms with Gasteiger partial charge in [-0.15, -0.1) is 0 Å². The zero-order valence-corrected chi connectivity index (χ0v) is 18.5. The summed E-state index contributed by atoms with van der Waals surface area (Å²) in [6.07, 6.45) is 0.792. The lowest BCUT2D eigenvalue weighted by Gasteiger charge is -2.36. The molecule has 5 nitrogen and oxygen atoms in total. The minimum absolute atomic E-state index is 0.138. The minimum Gasteiger partial charge on any atom is -0.321 e. The molecule has 0 radical (unpaired) electrons. The molecule has 0 atom stereocenters. The Labute approximate surface area is 195 Å². The molecule has 0 saturated carbocycles. The number of nitrogens with zero attached hydrogens (tertiary/aromatic N) is 2. The van der Waals surface area contributed by atoms with Gasteiger partial charge in [-0.2, -0.15) is 0 Å². The van der Waals surface area contributed by atoms with Gasteiger partial charge in [0.15, 0.2) is 0 Å². The summed E-state index contributed by atoms with van der Waals surface area (Å²) in [5, 5.41) is 3.64. The summed E-state index contributed by atoms with van der Waals surface area (Å²) in [5.74, 6) is -0.993. The molecule has 164 valence electrons. The second-order valence-electron chi connectivity index (χ2n) is 7.47. The third kappa shape index (κ3) is 5.03. The van der Waals surface area contributed by atoms with Gasteiger partial charge < -0.3 is 10.2 Å². The second-order valence-corrected chi connectivity index (χ2v) is 8.31. The van der Waals surface area contributed by atoms with Crippen molar-refractivity contribution in [2.24, 2.45) is 0 Å². The summed E-state index contributed by atoms with van der Waals surface area (Å²) in [6, 6.07) is 17.7. The predicted octanol–water partition coefficient (Wildman–Crippen LogP) is 6.22. The van der Waals surface area contributed by atoms with Crippen LogP contribution in [0.3, 0.4) is 0 Å². The minimum atomic E-state index is -0.504. The van der Waals surface area contributed by atoms with Crippen molar-refractivity contribution in [3.63, 3.8) is 0 Å². The molecule has 1 aliphatic rings. The van der Waals surface area contributed by atoms with Crippen LogP contribution in [0.15, 0.2) is 66.7 Å². The Bertz CT molecular complexity index is 1170. The van der Waals surface area contributed by atoms with E-state index in [1.807, 2.05) is 18.2 Å². The van der Waals surface area contributed by atoms with Crippen LogP contribution in [0.5, 0.6) is 0 Å². The molecule has 0 aromatic heterocycles. The first-order chi connectivity index (χ1) is 15.4. The molecule has 0 bridgehead atoms. The fraction of sp³-hybridized carbons (Fsp3) is 0.167. The lowest BCUT2D eigenvalue weighted by Crippen LogP contribution is -2.49. The van der Waals surface area contributed by atoms with Crippen LogP contribution in [-0.2, 0) is 6.54 Å². The monoisotopic (exact) mass is 471 g/mol. The largest absolute Gasteiger partial charge is 0.324 e. The van der Waals surface area contributed by atoms with Gasteiger partial charge in [-0.3, -0.25) is 9.69 Å². The van der Waals surface area contributed by atoms with Crippen LogP contribution in [0.25, 0.3) is 0 Å². The average Bonchev–Trinajstić information content (AvgIpc) is 2.77. The summed E-state index contributed by atoms with van der Waals surface area (Å²) in [7, 11) is 0. The summed E-state index contributed by atoms with van der Waals surface area (Å²) in [4.78, 5) is 29.1. The van der Waals surface area contributed by atoms with Gasteiger partial charge in [0.05, 0.1) is 10.7 Å². The van der Waals surface area contributed by atoms with Gasteiger partial charge in [0, 0.05) is 35.9 Å². The SMILES string of the molecule is O=C(Nc1cc(N2CCCN(Cc3cccc(Cl)c3)C2=O)ccc1Cl)c1cccc(F)c1. The maximum atomic E-state index is 13.4. The third-order valence-electron chi connectivity index (χ3n) is 5.17. The number of hydrogen-bond acceptors (Lipinski definition) is 2. The molecule has 1 saturated heterocycles. The molecular weight excluding hydrogens is 452 g/mol. The van der Waals surface area contributed by atoms with Crippen LogP contribution in [0.1, 0.15) is 22.3 Å². The molecule has 4 rings (SSSR count). The predicted molar refractivity (Wildman–Crippen MR) is 125 cm³/mol. The van der Waals surface area contributed by atoms with Crippen molar-refractivity contribution >= 4 is 46.5 Å². The Morgan fingerprint density at radius 1 is 1.00 bits per heavy atom. The first kappa shape index (κ1) is 22.1. The van der Waals surface area contributed by atoms with E-state index in [0.29, 0.717) is 41.1 Å². The highest BCUT2D eigenvalue weighted by atomic mass is 35.5. The van der Waals surface area contributed by atoms with E-state index >= 15 is 0 Å².